The van der Waals surface area contributed by atoms with Gasteiger partial charge in [-0.15, -0.1) is 16.4 Å². The molecule has 0 saturated carbocycles. The van der Waals surface area contributed by atoms with Crippen molar-refractivity contribution < 1.29 is 9.53 Å². The SMILES string of the molecule is Cc1ncsc1CCCNC(=O)c1cn(CCN2CCOCC2)nn1. The molecule has 0 bridgehead atoms. The minimum Gasteiger partial charge on any atom is -0.379 e. The van der Waals surface area contributed by atoms with E-state index in [0.29, 0.717) is 12.2 Å². The van der Waals surface area contributed by atoms with Crippen molar-refractivity contribution in [2.24, 2.45) is 0 Å². The van der Waals surface area contributed by atoms with Gasteiger partial charge in [-0.05, 0) is 19.8 Å². The topological polar surface area (TPSA) is 85.2 Å². The van der Waals surface area contributed by atoms with Crippen molar-refractivity contribution in [3.05, 3.63) is 28.0 Å². The quantitative estimate of drug-likeness (QED) is 0.696. The van der Waals surface area contributed by atoms with Crippen LogP contribution in [-0.4, -0.2) is 70.2 Å². The molecule has 25 heavy (non-hydrogen) atoms. The summed E-state index contributed by atoms with van der Waals surface area (Å²) in [5, 5.41) is 10.9. The van der Waals surface area contributed by atoms with E-state index in [4.69, 9.17) is 4.74 Å². The van der Waals surface area contributed by atoms with Crippen LogP contribution in [0.5, 0.6) is 0 Å². The Hall–Kier alpha value is -1.84. The van der Waals surface area contributed by atoms with E-state index in [2.05, 4.69) is 25.5 Å². The Balaban J connectivity index is 1.37. The minimum atomic E-state index is -0.168. The van der Waals surface area contributed by atoms with Crippen LogP contribution in [0, 0.1) is 6.92 Å². The molecule has 0 unspecified atom stereocenters. The summed E-state index contributed by atoms with van der Waals surface area (Å²) in [6.45, 7) is 7.71. The fourth-order valence-electron chi connectivity index (χ4n) is 2.69. The maximum Gasteiger partial charge on any atom is 0.273 e. The number of thiazole rings is 1. The summed E-state index contributed by atoms with van der Waals surface area (Å²) < 4.78 is 7.06. The van der Waals surface area contributed by atoms with E-state index in [-0.39, 0.29) is 5.91 Å². The molecular weight excluding hydrogens is 340 g/mol. The standard InChI is InChI=1S/C16H24N6O2S/c1-13-15(25-12-18-13)3-2-4-17-16(23)14-11-22(20-19-14)6-5-21-7-9-24-10-8-21/h11-12H,2-10H2,1H3,(H,17,23). The molecule has 1 saturated heterocycles. The average Bonchev–Trinajstić information content (AvgIpc) is 3.27. The first-order valence-corrected chi connectivity index (χ1v) is 9.48. The molecule has 8 nitrogen and oxygen atoms in total. The van der Waals surface area contributed by atoms with Crippen LogP contribution in [0.3, 0.4) is 0 Å². The maximum absolute atomic E-state index is 12.1. The Morgan fingerprint density at radius 2 is 2.20 bits per heavy atom. The predicted molar refractivity (Wildman–Crippen MR) is 94.8 cm³/mol. The lowest BCUT2D eigenvalue weighted by Crippen LogP contribution is -2.38. The third kappa shape index (κ3) is 5.32. The lowest BCUT2D eigenvalue weighted by atomic mass is 10.2. The number of hydrogen-bond acceptors (Lipinski definition) is 7. The maximum atomic E-state index is 12.1. The normalized spacial score (nSPS) is 15.4. The van der Waals surface area contributed by atoms with Crippen molar-refractivity contribution in [3.63, 3.8) is 0 Å². The number of carbonyl (C=O) groups is 1. The van der Waals surface area contributed by atoms with Crippen LogP contribution >= 0.6 is 11.3 Å². The fourth-order valence-corrected chi connectivity index (χ4v) is 3.51. The zero-order valence-electron chi connectivity index (χ0n) is 14.5. The Morgan fingerprint density at radius 1 is 1.36 bits per heavy atom. The monoisotopic (exact) mass is 364 g/mol. The summed E-state index contributed by atoms with van der Waals surface area (Å²) in [5.41, 5.74) is 3.31. The van der Waals surface area contributed by atoms with E-state index in [1.807, 2.05) is 12.4 Å². The van der Waals surface area contributed by atoms with Gasteiger partial charge in [-0.3, -0.25) is 14.4 Å². The summed E-state index contributed by atoms with van der Waals surface area (Å²) >= 11 is 1.66. The number of amides is 1. The first kappa shape index (κ1) is 18.0. The molecule has 0 aromatic carbocycles. The number of nitrogens with one attached hydrogen (secondary N) is 1. The molecule has 136 valence electrons. The van der Waals surface area contributed by atoms with Gasteiger partial charge in [-0.2, -0.15) is 0 Å². The highest BCUT2D eigenvalue weighted by Crippen LogP contribution is 2.13. The molecule has 0 aliphatic carbocycles. The molecule has 9 heteroatoms. The van der Waals surface area contributed by atoms with Crippen LogP contribution in [0.15, 0.2) is 11.7 Å². The van der Waals surface area contributed by atoms with E-state index < -0.39 is 0 Å². The van der Waals surface area contributed by atoms with Crippen molar-refractivity contribution >= 4 is 17.2 Å². The van der Waals surface area contributed by atoms with E-state index in [1.165, 1.54) is 4.88 Å². The van der Waals surface area contributed by atoms with Crippen LogP contribution in [0.2, 0.25) is 0 Å². The molecule has 1 aliphatic heterocycles. The van der Waals surface area contributed by atoms with Crippen molar-refractivity contribution in [2.45, 2.75) is 26.3 Å². The van der Waals surface area contributed by atoms with E-state index in [1.54, 1.807) is 22.2 Å². The van der Waals surface area contributed by atoms with Crippen molar-refractivity contribution in [1.29, 1.82) is 0 Å². The van der Waals surface area contributed by atoms with Gasteiger partial charge in [0.25, 0.3) is 5.91 Å². The number of hydrogen-bond donors (Lipinski definition) is 1. The highest BCUT2D eigenvalue weighted by Gasteiger charge is 2.13. The number of nitrogens with zero attached hydrogens (tertiary/aromatic N) is 5. The van der Waals surface area contributed by atoms with Gasteiger partial charge in [0, 0.05) is 31.1 Å². The lowest BCUT2D eigenvalue weighted by Gasteiger charge is -2.26. The van der Waals surface area contributed by atoms with E-state index in [9.17, 15) is 4.79 Å². The molecule has 3 heterocycles. The van der Waals surface area contributed by atoms with Gasteiger partial charge in [0.2, 0.25) is 0 Å². The first-order chi connectivity index (χ1) is 12.2. The van der Waals surface area contributed by atoms with Crippen molar-refractivity contribution in [3.8, 4) is 0 Å². The third-order valence-corrected chi connectivity index (χ3v) is 5.23. The van der Waals surface area contributed by atoms with Gasteiger partial charge in [0.15, 0.2) is 5.69 Å². The summed E-state index contributed by atoms with van der Waals surface area (Å²) in [6.07, 6.45) is 3.53. The number of aryl methyl sites for hydroxylation is 2. The molecule has 0 atom stereocenters. The summed E-state index contributed by atoms with van der Waals surface area (Å²) in [5.74, 6) is -0.168. The first-order valence-electron chi connectivity index (χ1n) is 8.60. The molecule has 1 amide bonds. The van der Waals surface area contributed by atoms with Crippen molar-refractivity contribution in [2.75, 3.05) is 39.4 Å². The van der Waals surface area contributed by atoms with Gasteiger partial charge in [-0.1, -0.05) is 5.21 Å². The second-order valence-corrected chi connectivity index (χ2v) is 6.98. The zero-order chi connectivity index (χ0) is 17.5. The number of carbonyl (C=O) groups excluding carboxylic acids is 1. The number of rotatable bonds is 8. The minimum absolute atomic E-state index is 0.168. The van der Waals surface area contributed by atoms with Gasteiger partial charge in [0.05, 0.1) is 37.2 Å². The molecule has 1 aliphatic rings. The van der Waals surface area contributed by atoms with Crippen LogP contribution < -0.4 is 5.32 Å². The summed E-state index contributed by atoms with van der Waals surface area (Å²) in [4.78, 5) is 20.0. The smallest absolute Gasteiger partial charge is 0.273 e. The Bertz CT molecular complexity index is 680. The van der Waals surface area contributed by atoms with Gasteiger partial charge < -0.3 is 10.1 Å². The summed E-state index contributed by atoms with van der Waals surface area (Å²) in [7, 11) is 0. The van der Waals surface area contributed by atoms with Crippen LogP contribution in [0.4, 0.5) is 0 Å². The number of aromatic nitrogens is 4. The number of ether oxygens (including phenoxy) is 1. The highest BCUT2D eigenvalue weighted by atomic mass is 32.1. The Kier molecular flexibility index (Phi) is 6.48. The van der Waals surface area contributed by atoms with E-state index in [0.717, 1.165) is 57.9 Å². The molecule has 2 aromatic heterocycles. The Morgan fingerprint density at radius 3 is 2.96 bits per heavy atom. The molecule has 0 spiro atoms. The van der Waals surface area contributed by atoms with Gasteiger partial charge >= 0.3 is 0 Å². The highest BCUT2D eigenvalue weighted by molar-refractivity contribution is 7.09. The number of morpholine rings is 1. The molecule has 3 rings (SSSR count). The average molecular weight is 364 g/mol. The van der Waals surface area contributed by atoms with Crippen LogP contribution in [0.1, 0.15) is 27.5 Å². The summed E-state index contributed by atoms with van der Waals surface area (Å²) in [6, 6.07) is 0. The van der Waals surface area contributed by atoms with Gasteiger partial charge in [0.1, 0.15) is 0 Å². The van der Waals surface area contributed by atoms with Gasteiger partial charge in [-0.25, -0.2) is 4.98 Å². The molecule has 2 aromatic rings. The van der Waals surface area contributed by atoms with Crippen molar-refractivity contribution in [1.82, 2.24) is 30.2 Å². The second kappa shape index (κ2) is 9.02. The lowest BCUT2D eigenvalue weighted by molar-refractivity contribution is 0.0359. The Labute approximate surface area is 151 Å². The van der Waals surface area contributed by atoms with E-state index >= 15 is 0 Å². The molecule has 1 fully saturated rings. The molecular formula is C16H24N6O2S. The fraction of sp³-hybridized carbons (Fsp3) is 0.625. The third-order valence-electron chi connectivity index (χ3n) is 4.23. The predicted octanol–water partition coefficient (Wildman–Crippen LogP) is 0.738. The van der Waals surface area contributed by atoms with Crippen LogP contribution in [0.25, 0.3) is 0 Å². The largest absolute Gasteiger partial charge is 0.379 e. The molecule has 0 radical (unpaired) electrons. The van der Waals surface area contributed by atoms with Crippen LogP contribution in [-0.2, 0) is 17.7 Å². The zero-order valence-corrected chi connectivity index (χ0v) is 15.3. The molecule has 1 N–H and O–H groups in total. The second-order valence-electron chi connectivity index (χ2n) is 6.04.